The quantitative estimate of drug-likeness (QED) is 0.652. The SMILES string of the molecule is COc1ccc(C2CCCCCN2C(=O)C2CCN(S(=O)(=O)c3c(C)noc3C)CC2)cc1. The van der Waals surface area contributed by atoms with E-state index in [9.17, 15) is 13.2 Å². The molecule has 1 aromatic heterocycles. The number of ether oxygens (including phenoxy) is 1. The maximum atomic E-state index is 13.6. The molecule has 0 aliphatic carbocycles. The summed E-state index contributed by atoms with van der Waals surface area (Å²) in [6, 6.07) is 8.04. The van der Waals surface area contributed by atoms with Crippen LogP contribution in [-0.2, 0) is 14.8 Å². The third-order valence-electron chi connectivity index (χ3n) is 6.91. The first kappa shape index (κ1) is 23.8. The van der Waals surface area contributed by atoms with Gasteiger partial charge in [0.25, 0.3) is 0 Å². The Labute approximate surface area is 195 Å². The summed E-state index contributed by atoms with van der Waals surface area (Å²) in [6.45, 7) is 4.64. The molecular formula is C24H33N3O5S. The Kier molecular flexibility index (Phi) is 7.09. The van der Waals surface area contributed by atoms with E-state index in [1.165, 1.54) is 4.31 Å². The number of carbonyl (C=O) groups excluding carboxylic acids is 1. The van der Waals surface area contributed by atoms with E-state index in [-0.39, 0.29) is 22.8 Å². The molecule has 1 amide bonds. The number of aryl methyl sites for hydroxylation is 2. The van der Waals surface area contributed by atoms with Crippen LogP contribution in [0, 0.1) is 19.8 Å². The normalized spacial score (nSPS) is 21.1. The van der Waals surface area contributed by atoms with Crippen LogP contribution in [-0.4, -0.2) is 55.4 Å². The van der Waals surface area contributed by atoms with E-state index < -0.39 is 10.0 Å². The molecule has 180 valence electrons. The van der Waals surface area contributed by atoms with E-state index in [4.69, 9.17) is 9.26 Å². The third-order valence-corrected chi connectivity index (χ3v) is 9.05. The number of likely N-dealkylation sites (tertiary alicyclic amines) is 1. The summed E-state index contributed by atoms with van der Waals surface area (Å²) in [4.78, 5) is 15.8. The van der Waals surface area contributed by atoms with Crippen molar-refractivity contribution in [2.75, 3.05) is 26.7 Å². The van der Waals surface area contributed by atoms with Crippen molar-refractivity contribution < 1.29 is 22.5 Å². The van der Waals surface area contributed by atoms with Gasteiger partial charge in [0.15, 0.2) is 5.76 Å². The van der Waals surface area contributed by atoms with Gasteiger partial charge in [-0.05, 0) is 57.2 Å². The van der Waals surface area contributed by atoms with Gasteiger partial charge in [0.1, 0.15) is 16.3 Å². The van der Waals surface area contributed by atoms with Gasteiger partial charge in [0, 0.05) is 25.6 Å². The molecule has 2 aliphatic heterocycles. The summed E-state index contributed by atoms with van der Waals surface area (Å²) < 4.78 is 38.1. The highest BCUT2D eigenvalue weighted by molar-refractivity contribution is 7.89. The van der Waals surface area contributed by atoms with Crippen molar-refractivity contribution >= 4 is 15.9 Å². The predicted octanol–water partition coefficient (Wildman–Crippen LogP) is 3.84. The first-order chi connectivity index (χ1) is 15.8. The fourth-order valence-corrected chi connectivity index (χ4v) is 6.86. The molecule has 0 saturated carbocycles. The van der Waals surface area contributed by atoms with Gasteiger partial charge in [-0.25, -0.2) is 8.42 Å². The highest BCUT2D eigenvalue weighted by Gasteiger charge is 2.38. The Bertz CT molecular complexity index is 1050. The minimum Gasteiger partial charge on any atom is -0.497 e. The average molecular weight is 476 g/mol. The zero-order valence-corrected chi connectivity index (χ0v) is 20.4. The molecule has 2 saturated heterocycles. The van der Waals surface area contributed by atoms with Crippen molar-refractivity contribution in [1.82, 2.24) is 14.4 Å². The van der Waals surface area contributed by atoms with Crippen LogP contribution in [0.1, 0.15) is 61.6 Å². The van der Waals surface area contributed by atoms with Gasteiger partial charge in [0.05, 0.1) is 13.2 Å². The van der Waals surface area contributed by atoms with Crippen molar-refractivity contribution in [2.45, 2.75) is 63.3 Å². The molecule has 0 radical (unpaired) electrons. The zero-order valence-electron chi connectivity index (χ0n) is 19.6. The van der Waals surface area contributed by atoms with Gasteiger partial charge in [-0.3, -0.25) is 4.79 Å². The first-order valence-corrected chi connectivity index (χ1v) is 13.1. The lowest BCUT2D eigenvalue weighted by Crippen LogP contribution is -2.45. The summed E-state index contributed by atoms with van der Waals surface area (Å²) in [5.41, 5.74) is 1.50. The lowest BCUT2D eigenvalue weighted by molar-refractivity contribution is -0.139. The number of amides is 1. The Morgan fingerprint density at radius 3 is 2.33 bits per heavy atom. The Morgan fingerprint density at radius 1 is 1.03 bits per heavy atom. The van der Waals surface area contributed by atoms with Gasteiger partial charge >= 0.3 is 0 Å². The topological polar surface area (TPSA) is 93.0 Å². The fraction of sp³-hybridized carbons (Fsp3) is 0.583. The van der Waals surface area contributed by atoms with Crippen LogP contribution in [0.2, 0.25) is 0 Å². The highest BCUT2D eigenvalue weighted by Crippen LogP contribution is 2.35. The van der Waals surface area contributed by atoms with Gasteiger partial charge < -0.3 is 14.2 Å². The number of benzene rings is 1. The summed E-state index contributed by atoms with van der Waals surface area (Å²) in [7, 11) is -2.03. The van der Waals surface area contributed by atoms with Crippen LogP contribution in [0.4, 0.5) is 0 Å². The van der Waals surface area contributed by atoms with E-state index in [1.54, 1.807) is 21.0 Å². The maximum Gasteiger partial charge on any atom is 0.248 e. The molecular weight excluding hydrogens is 442 g/mol. The molecule has 0 spiro atoms. The number of methoxy groups -OCH3 is 1. The van der Waals surface area contributed by atoms with E-state index in [0.717, 1.165) is 43.5 Å². The number of hydrogen-bond donors (Lipinski definition) is 0. The molecule has 3 heterocycles. The number of nitrogens with zero attached hydrogens (tertiary/aromatic N) is 3. The van der Waals surface area contributed by atoms with Crippen molar-refractivity contribution in [2.24, 2.45) is 5.92 Å². The number of sulfonamides is 1. The van der Waals surface area contributed by atoms with Crippen LogP contribution in [0.5, 0.6) is 5.75 Å². The molecule has 1 unspecified atom stereocenters. The molecule has 4 rings (SSSR count). The zero-order chi connectivity index (χ0) is 23.6. The molecule has 0 bridgehead atoms. The van der Waals surface area contributed by atoms with Crippen LogP contribution in [0.15, 0.2) is 33.7 Å². The smallest absolute Gasteiger partial charge is 0.248 e. The number of piperidine rings is 1. The molecule has 1 atom stereocenters. The van der Waals surface area contributed by atoms with Gasteiger partial charge in [-0.1, -0.05) is 30.1 Å². The lowest BCUT2D eigenvalue weighted by atomic mass is 9.94. The Balaban J connectivity index is 1.47. The summed E-state index contributed by atoms with van der Waals surface area (Å²) in [5.74, 6) is 1.08. The lowest BCUT2D eigenvalue weighted by Gasteiger charge is -2.36. The van der Waals surface area contributed by atoms with E-state index >= 15 is 0 Å². The second-order valence-corrected chi connectivity index (χ2v) is 10.9. The van der Waals surface area contributed by atoms with Crippen molar-refractivity contribution in [3.8, 4) is 5.75 Å². The van der Waals surface area contributed by atoms with E-state index in [2.05, 4.69) is 5.16 Å². The van der Waals surface area contributed by atoms with Crippen LogP contribution in [0.3, 0.4) is 0 Å². The van der Waals surface area contributed by atoms with Crippen molar-refractivity contribution in [3.05, 3.63) is 41.3 Å². The van der Waals surface area contributed by atoms with Crippen molar-refractivity contribution in [1.29, 1.82) is 0 Å². The summed E-state index contributed by atoms with van der Waals surface area (Å²) in [5, 5.41) is 3.79. The minimum absolute atomic E-state index is 0.0509. The predicted molar refractivity (Wildman–Crippen MR) is 123 cm³/mol. The molecule has 2 aliphatic rings. The minimum atomic E-state index is -3.68. The number of aromatic nitrogens is 1. The monoisotopic (exact) mass is 475 g/mol. The highest BCUT2D eigenvalue weighted by atomic mass is 32.2. The van der Waals surface area contributed by atoms with Crippen LogP contribution >= 0.6 is 0 Å². The third kappa shape index (κ3) is 4.80. The number of hydrogen-bond acceptors (Lipinski definition) is 6. The average Bonchev–Trinajstić information content (AvgIpc) is 3.01. The largest absolute Gasteiger partial charge is 0.497 e. The standard InChI is InChI=1S/C24H33N3O5S/c1-17-23(18(2)32-25-17)33(29,30)26-15-12-20(13-16-26)24(28)27-14-6-4-5-7-22(27)19-8-10-21(31-3)11-9-19/h8-11,20,22H,4-7,12-16H2,1-3H3. The molecule has 33 heavy (non-hydrogen) atoms. The van der Waals surface area contributed by atoms with Gasteiger partial charge in [-0.15, -0.1) is 0 Å². The number of carbonyl (C=O) groups is 1. The summed E-state index contributed by atoms with van der Waals surface area (Å²) >= 11 is 0. The molecule has 1 aromatic carbocycles. The summed E-state index contributed by atoms with van der Waals surface area (Å²) in [6.07, 6.45) is 5.19. The molecule has 9 heteroatoms. The molecule has 2 fully saturated rings. The molecule has 2 aromatic rings. The van der Waals surface area contributed by atoms with Gasteiger partial charge in [0.2, 0.25) is 15.9 Å². The Morgan fingerprint density at radius 2 is 1.73 bits per heavy atom. The van der Waals surface area contributed by atoms with Crippen LogP contribution < -0.4 is 4.74 Å². The second kappa shape index (κ2) is 9.85. The van der Waals surface area contributed by atoms with Gasteiger partial charge in [-0.2, -0.15) is 4.31 Å². The maximum absolute atomic E-state index is 13.6. The first-order valence-electron chi connectivity index (χ1n) is 11.7. The Hall–Kier alpha value is -2.39. The van der Waals surface area contributed by atoms with Crippen LogP contribution in [0.25, 0.3) is 0 Å². The van der Waals surface area contributed by atoms with E-state index in [0.29, 0.717) is 37.4 Å². The molecule has 8 nitrogen and oxygen atoms in total. The second-order valence-electron chi connectivity index (χ2n) is 9.00. The fourth-order valence-electron chi connectivity index (χ4n) is 5.09. The van der Waals surface area contributed by atoms with Crippen molar-refractivity contribution in [3.63, 3.8) is 0 Å². The number of rotatable bonds is 5. The molecule has 0 N–H and O–H groups in total. The van der Waals surface area contributed by atoms with E-state index in [1.807, 2.05) is 29.2 Å².